The number of hydrogen-bond acceptors (Lipinski definition) is 7. The Morgan fingerprint density at radius 1 is 1.15 bits per heavy atom. The second-order valence-electron chi connectivity index (χ2n) is 5.47. The molecule has 9 heteroatoms. The fourth-order valence-corrected chi connectivity index (χ4v) is 4.14. The van der Waals surface area contributed by atoms with Gasteiger partial charge >= 0.3 is 0 Å². The minimum absolute atomic E-state index is 0.136. The van der Waals surface area contributed by atoms with Crippen molar-refractivity contribution in [3.8, 4) is 22.9 Å². The molecular formula is C17H12Br2N4O2S. The number of ether oxygens (including phenoxy) is 1. The molecule has 0 saturated heterocycles. The molecule has 132 valence electrons. The summed E-state index contributed by atoms with van der Waals surface area (Å²) in [6.07, 6.45) is 1.37. The van der Waals surface area contributed by atoms with E-state index in [-0.39, 0.29) is 5.75 Å². The first-order chi connectivity index (χ1) is 12.6. The lowest BCUT2D eigenvalue weighted by atomic mass is 10.1. The molecule has 1 aliphatic heterocycles. The topological polar surface area (TPSA) is 80.2 Å². The Morgan fingerprint density at radius 3 is 2.62 bits per heavy atom. The van der Waals surface area contributed by atoms with Gasteiger partial charge in [0, 0.05) is 16.8 Å². The molecular weight excluding hydrogens is 484 g/mol. The van der Waals surface area contributed by atoms with Crippen LogP contribution in [0.25, 0.3) is 11.3 Å². The quantitative estimate of drug-likeness (QED) is 0.484. The Morgan fingerprint density at radius 2 is 1.88 bits per heavy atom. The van der Waals surface area contributed by atoms with Gasteiger partial charge in [-0.2, -0.15) is 4.98 Å². The summed E-state index contributed by atoms with van der Waals surface area (Å²) in [6, 6.07) is 11.4. The third-order valence-electron chi connectivity index (χ3n) is 3.86. The van der Waals surface area contributed by atoms with Gasteiger partial charge < -0.3 is 15.2 Å². The maximum absolute atomic E-state index is 9.98. The van der Waals surface area contributed by atoms with Gasteiger partial charge in [0.1, 0.15) is 5.75 Å². The lowest BCUT2D eigenvalue weighted by molar-refractivity contribution is 0.225. The summed E-state index contributed by atoms with van der Waals surface area (Å²) in [4.78, 5) is 4.48. The van der Waals surface area contributed by atoms with Crippen LogP contribution >= 0.6 is 43.6 Å². The molecule has 1 aromatic heterocycles. The first kappa shape index (κ1) is 17.6. The van der Waals surface area contributed by atoms with E-state index in [1.807, 2.05) is 30.5 Å². The van der Waals surface area contributed by atoms with Crippen molar-refractivity contribution in [1.29, 1.82) is 0 Å². The summed E-state index contributed by atoms with van der Waals surface area (Å²) in [6.45, 7) is 0. The number of fused-ring (bicyclic) bond motifs is 3. The Balaban J connectivity index is 1.87. The fourth-order valence-electron chi connectivity index (χ4n) is 2.62. The zero-order valence-corrected chi connectivity index (χ0v) is 17.4. The molecule has 6 nitrogen and oxygen atoms in total. The van der Waals surface area contributed by atoms with E-state index in [9.17, 15) is 5.11 Å². The number of phenolic OH excluding ortho intramolecular Hbond substituents is 1. The number of thioether (sulfide) groups is 1. The third-order valence-corrected chi connectivity index (χ3v) is 5.61. The predicted molar refractivity (Wildman–Crippen MR) is 108 cm³/mol. The van der Waals surface area contributed by atoms with Gasteiger partial charge in [-0.15, -0.1) is 10.2 Å². The highest BCUT2D eigenvalue weighted by Gasteiger charge is 2.26. The Labute approximate surface area is 170 Å². The van der Waals surface area contributed by atoms with E-state index in [1.54, 1.807) is 12.1 Å². The molecule has 0 amide bonds. The summed E-state index contributed by atoms with van der Waals surface area (Å²) in [5, 5.41) is 22.3. The molecule has 1 atom stereocenters. The largest absolute Gasteiger partial charge is 0.506 e. The molecule has 0 radical (unpaired) electrons. The van der Waals surface area contributed by atoms with Crippen LogP contribution in [0.15, 0.2) is 50.5 Å². The number of para-hydroxylation sites is 1. The molecule has 2 heterocycles. The Hall–Kier alpha value is -1.84. The zero-order valence-electron chi connectivity index (χ0n) is 13.4. The smallest absolute Gasteiger partial charge is 0.247 e. The van der Waals surface area contributed by atoms with Crippen LogP contribution in [0.2, 0.25) is 0 Å². The fraction of sp³-hybridized carbons (Fsp3) is 0.118. The molecule has 0 spiro atoms. The van der Waals surface area contributed by atoms with E-state index in [4.69, 9.17) is 4.74 Å². The highest BCUT2D eigenvalue weighted by atomic mass is 79.9. The van der Waals surface area contributed by atoms with Gasteiger partial charge in [0.2, 0.25) is 11.0 Å². The number of anilines is 1. The van der Waals surface area contributed by atoms with Crippen LogP contribution in [0, 0.1) is 0 Å². The minimum Gasteiger partial charge on any atom is -0.506 e. The van der Waals surface area contributed by atoms with Crippen LogP contribution in [-0.2, 0) is 0 Å². The number of rotatable bonds is 2. The molecule has 0 saturated carbocycles. The van der Waals surface area contributed by atoms with E-state index in [0.29, 0.717) is 25.7 Å². The maximum atomic E-state index is 9.98. The summed E-state index contributed by atoms with van der Waals surface area (Å²) in [5.41, 5.74) is 3.14. The molecule has 3 aromatic rings. The number of hydrogen-bond donors (Lipinski definition) is 2. The number of nitrogens with one attached hydrogen (secondary N) is 1. The van der Waals surface area contributed by atoms with Gasteiger partial charge in [-0.25, -0.2) is 0 Å². The Bertz CT molecular complexity index is 979. The van der Waals surface area contributed by atoms with Crippen molar-refractivity contribution >= 4 is 49.3 Å². The maximum Gasteiger partial charge on any atom is 0.247 e. The van der Waals surface area contributed by atoms with Crippen LogP contribution in [0.1, 0.15) is 11.8 Å². The number of nitrogens with zero attached hydrogens (tertiary/aromatic N) is 3. The second-order valence-corrected chi connectivity index (χ2v) is 7.96. The summed E-state index contributed by atoms with van der Waals surface area (Å²) >= 11 is 8.13. The van der Waals surface area contributed by atoms with E-state index < -0.39 is 6.23 Å². The van der Waals surface area contributed by atoms with Crippen molar-refractivity contribution in [2.45, 2.75) is 11.4 Å². The molecule has 2 N–H and O–H groups in total. The lowest BCUT2D eigenvalue weighted by Crippen LogP contribution is -2.17. The normalized spacial score (nSPS) is 15.3. The molecule has 2 aromatic carbocycles. The van der Waals surface area contributed by atoms with Crippen molar-refractivity contribution in [2.24, 2.45) is 0 Å². The first-order valence-electron chi connectivity index (χ1n) is 7.56. The number of aromatic nitrogens is 3. The molecule has 26 heavy (non-hydrogen) atoms. The average Bonchev–Trinajstić information content (AvgIpc) is 2.81. The molecule has 0 fully saturated rings. The molecule has 0 aliphatic carbocycles. The van der Waals surface area contributed by atoms with Gasteiger partial charge in [-0.3, -0.25) is 0 Å². The molecule has 0 bridgehead atoms. The SMILES string of the molecule is CSc1nnc2c(n1)O[C@H](c1cc(Br)c(O)c(Br)c1)Nc1ccccc1-2. The van der Waals surface area contributed by atoms with Gasteiger partial charge in [0.25, 0.3) is 0 Å². The zero-order chi connectivity index (χ0) is 18.3. The standard InChI is InChI=1S/C17H12Br2N4O2S/c1-26-17-21-16-13(22-23-17)9-4-2-3-5-12(9)20-15(25-16)8-6-10(18)14(24)11(19)7-8/h2-7,15,20,24H,1H3/t15-/m1/s1. The van der Waals surface area contributed by atoms with Crippen LogP contribution in [0.3, 0.4) is 0 Å². The van der Waals surface area contributed by atoms with Gasteiger partial charge in [0.15, 0.2) is 11.9 Å². The number of benzene rings is 2. The second kappa shape index (κ2) is 7.05. The first-order valence-corrected chi connectivity index (χ1v) is 10.4. The monoisotopic (exact) mass is 494 g/mol. The highest BCUT2D eigenvalue weighted by molar-refractivity contribution is 9.11. The van der Waals surface area contributed by atoms with Crippen LogP contribution in [0.4, 0.5) is 5.69 Å². The number of aromatic hydroxyl groups is 1. The van der Waals surface area contributed by atoms with Gasteiger partial charge in [0.05, 0.1) is 8.95 Å². The van der Waals surface area contributed by atoms with Crippen molar-refractivity contribution in [3.63, 3.8) is 0 Å². The summed E-state index contributed by atoms with van der Waals surface area (Å²) in [7, 11) is 0. The van der Waals surface area contributed by atoms with Crippen LogP contribution < -0.4 is 10.1 Å². The number of halogens is 2. The third kappa shape index (κ3) is 3.15. The molecule has 4 rings (SSSR count). The predicted octanol–water partition coefficient (Wildman–Crippen LogP) is 4.99. The van der Waals surface area contributed by atoms with E-state index in [0.717, 1.165) is 16.8 Å². The van der Waals surface area contributed by atoms with Crippen LogP contribution in [0.5, 0.6) is 11.6 Å². The van der Waals surface area contributed by atoms with E-state index >= 15 is 0 Å². The highest BCUT2D eigenvalue weighted by Crippen LogP contribution is 2.41. The summed E-state index contributed by atoms with van der Waals surface area (Å²) < 4.78 is 7.29. The Kier molecular flexibility index (Phi) is 4.76. The van der Waals surface area contributed by atoms with Crippen molar-refractivity contribution in [3.05, 3.63) is 50.9 Å². The molecule has 1 aliphatic rings. The van der Waals surface area contributed by atoms with E-state index in [2.05, 4.69) is 52.4 Å². The lowest BCUT2D eigenvalue weighted by Gasteiger charge is -2.20. The van der Waals surface area contributed by atoms with Gasteiger partial charge in [-0.1, -0.05) is 30.0 Å². The number of phenols is 1. The van der Waals surface area contributed by atoms with Crippen molar-refractivity contribution in [1.82, 2.24) is 15.2 Å². The van der Waals surface area contributed by atoms with E-state index in [1.165, 1.54) is 11.8 Å². The van der Waals surface area contributed by atoms with Crippen molar-refractivity contribution < 1.29 is 9.84 Å². The minimum atomic E-state index is -0.517. The molecule has 0 unspecified atom stereocenters. The van der Waals surface area contributed by atoms with Gasteiger partial charge in [-0.05, 0) is 56.3 Å². The van der Waals surface area contributed by atoms with Crippen molar-refractivity contribution in [2.75, 3.05) is 11.6 Å². The summed E-state index contributed by atoms with van der Waals surface area (Å²) in [5.74, 6) is 0.545. The van der Waals surface area contributed by atoms with Crippen LogP contribution in [-0.4, -0.2) is 26.5 Å². The average molecular weight is 496 g/mol.